The van der Waals surface area contributed by atoms with Crippen LogP contribution in [0, 0.1) is 13.8 Å². The topological polar surface area (TPSA) is 26.0 Å². The molecule has 0 aliphatic heterocycles. The first-order valence-electron chi connectivity index (χ1n) is 4.86. The van der Waals surface area contributed by atoms with E-state index >= 15 is 0 Å². The van der Waals surface area contributed by atoms with Gasteiger partial charge in [-0.25, -0.2) is 4.98 Å². The number of benzene rings is 1. The lowest BCUT2D eigenvalue weighted by molar-refractivity contribution is 0.431. The Morgan fingerprint density at radius 3 is 2.53 bits per heavy atom. The second-order valence-corrected chi connectivity index (χ2v) is 4.32. The molecule has 1 aromatic carbocycles. The summed E-state index contributed by atoms with van der Waals surface area (Å²) in [5.41, 5.74) is 2.27. The first-order chi connectivity index (χ1) is 7.25. The van der Waals surface area contributed by atoms with Crippen LogP contribution in [0.25, 0.3) is 0 Å². The Morgan fingerprint density at radius 1 is 1.20 bits per heavy atom. The van der Waals surface area contributed by atoms with Gasteiger partial charge in [-0.1, -0.05) is 42.1 Å². The summed E-state index contributed by atoms with van der Waals surface area (Å²) in [7, 11) is 0. The minimum absolute atomic E-state index is 0.758. The van der Waals surface area contributed by atoms with Crippen LogP contribution >= 0.6 is 11.8 Å². The van der Waals surface area contributed by atoms with Gasteiger partial charge < -0.3 is 4.42 Å². The van der Waals surface area contributed by atoms with Gasteiger partial charge in [0.1, 0.15) is 5.76 Å². The molecule has 0 saturated heterocycles. The standard InChI is InChI=1S/C12H13NOS/c1-9-10(2)14-12(13-9)15-8-11-6-4-3-5-7-11/h3-7H,8H2,1-2H3. The van der Waals surface area contributed by atoms with Crippen molar-refractivity contribution < 1.29 is 4.42 Å². The highest BCUT2D eigenvalue weighted by atomic mass is 32.2. The third kappa shape index (κ3) is 2.63. The fourth-order valence-electron chi connectivity index (χ4n) is 1.22. The van der Waals surface area contributed by atoms with Crippen LogP contribution in [0.1, 0.15) is 17.0 Å². The number of thioether (sulfide) groups is 1. The van der Waals surface area contributed by atoms with E-state index in [9.17, 15) is 0 Å². The molecular formula is C12H13NOS. The number of hydrogen-bond donors (Lipinski definition) is 0. The van der Waals surface area contributed by atoms with Crippen molar-refractivity contribution in [2.24, 2.45) is 0 Å². The molecule has 3 heteroatoms. The molecule has 2 aromatic rings. The first kappa shape index (κ1) is 10.3. The molecule has 1 heterocycles. The molecule has 0 saturated carbocycles. The highest BCUT2D eigenvalue weighted by Crippen LogP contribution is 2.23. The predicted octanol–water partition coefficient (Wildman–Crippen LogP) is 3.58. The van der Waals surface area contributed by atoms with Crippen LogP contribution in [0.5, 0.6) is 0 Å². The quantitative estimate of drug-likeness (QED) is 0.738. The second-order valence-electron chi connectivity index (χ2n) is 3.40. The molecule has 1 aromatic heterocycles. The highest BCUT2D eigenvalue weighted by molar-refractivity contribution is 7.98. The van der Waals surface area contributed by atoms with E-state index in [2.05, 4.69) is 17.1 Å². The molecule has 0 unspecified atom stereocenters. The molecule has 2 nitrogen and oxygen atoms in total. The van der Waals surface area contributed by atoms with E-state index in [4.69, 9.17) is 4.42 Å². The zero-order valence-electron chi connectivity index (χ0n) is 8.86. The zero-order chi connectivity index (χ0) is 10.7. The molecule has 0 spiro atoms. The summed E-state index contributed by atoms with van der Waals surface area (Å²) in [5.74, 6) is 1.81. The molecule has 0 atom stereocenters. The molecule has 0 aliphatic rings. The van der Waals surface area contributed by atoms with Crippen LogP contribution in [0.3, 0.4) is 0 Å². The Hall–Kier alpha value is -1.22. The molecule has 0 radical (unpaired) electrons. The minimum Gasteiger partial charge on any atom is -0.437 e. The van der Waals surface area contributed by atoms with Crippen LogP contribution in [-0.4, -0.2) is 4.98 Å². The number of aromatic nitrogens is 1. The van der Waals surface area contributed by atoms with E-state index in [-0.39, 0.29) is 0 Å². The van der Waals surface area contributed by atoms with Gasteiger partial charge in [-0.05, 0) is 19.4 Å². The van der Waals surface area contributed by atoms with Crippen molar-refractivity contribution in [1.29, 1.82) is 0 Å². The van der Waals surface area contributed by atoms with Crippen molar-refractivity contribution >= 4 is 11.8 Å². The van der Waals surface area contributed by atoms with Crippen LogP contribution in [0.15, 0.2) is 40.0 Å². The summed E-state index contributed by atoms with van der Waals surface area (Å²) in [6.07, 6.45) is 0. The largest absolute Gasteiger partial charge is 0.437 e. The Labute approximate surface area is 93.7 Å². The van der Waals surface area contributed by atoms with Crippen LogP contribution in [0.4, 0.5) is 0 Å². The van der Waals surface area contributed by atoms with E-state index < -0.39 is 0 Å². The summed E-state index contributed by atoms with van der Waals surface area (Å²) >= 11 is 1.63. The average molecular weight is 219 g/mol. The molecular weight excluding hydrogens is 206 g/mol. The number of rotatable bonds is 3. The van der Waals surface area contributed by atoms with E-state index in [1.807, 2.05) is 32.0 Å². The Morgan fingerprint density at radius 2 is 1.93 bits per heavy atom. The molecule has 2 rings (SSSR count). The van der Waals surface area contributed by atoms with Crippen molar-refractivity contribution in [2.45, 2.75) is 24.8 Å². The van der Waals surface area contributed by atoms with Crippen LogP contribution < -0.4 is 0 Å². The van der Waals surface area contributed by atoms with Gasteiger partial charge in [0.2, 0.25) is 0 Å². The number of hydrogen-bond acceptors (Lipinski definition) is 3. The van der Waals surface area contributed by atoms with E-state index in [0.29, 0.717) is 0 Å². The molecule has 78 valence electrons. The third-order valence-electron chi connectivity index (χ3n) is 2.21. The second kappa shape index (κ2) is 4.53. The summed E-state index contributed by atoms with van der Waals surface area (Å²) in [6.45, 7) is 3.90. The predicted molar refractivity (Wildman–Crippen MR) is 62.0 cm³/mol. The maximum Gasteiger partial charge on any atom is 0.256 e. The Kier molecular flexibility index (Phi) is 3.11. The van der Waals surface area contributed by atoms with Gasteiger partial charge in [-0.2, -0.15) is 0 Å². The Balaban J connectivity index is 1.99. The smallest absolute Gasteiger partial charge is 0.256 e. The van der Waals surface area contributed by atoms with Gasteiger partial charge in [0, 0.05) is 5.75 Å². The first-order valence-corrected chi connectivity index (χ1v) is 5.85. The van der Waals surface area contributed by atoms with Gasteiger partial charge >= 0.3 is 0 Å². The van der Waals surface area contributed by atoms with Gasteiger partial charge in [-0.15, -0.1) is 0 Å². The maximum absolute atomic E-state index is 5.49. The lowest BCUT2D eigenvalue weighted by Gasteiger charge is -1.96. The van der Waals surface area contributed by atoms with Gasteiger partial charge in [0.25, 0.3) is 5.22 Å². The fourth-order valence-corrected chi connectivity index (χ4v) is 2.09. The molecule has 0 fully saturated rings. The zero-order valence-corrected chi connectivity index (χ0v) is 9.67. The van der Waals surface area contributed by atoms with Crippen molar-refractivity contribution in [2.75, 3.05) is 0 Å². The third-order valence-corrected chi connectivity index (χ3v) is 3.11. The average Bonchev–Trinajstić information content (AvgIpc) is 2.57. The molecule has 0 amide bonds. The number of oxazole rings is 1. The lowest BCUT2D eigenvalue weighted by atomic mass is 10.2. The summed E-state index contributed by atoms with van der Waals surface area (Å²) < 4.78 is 5.49. The van der Waals surface area contributed by atoms with Gasteiger partial charge in [-0.3, -0.25) is 0 Å². The van der Waals surface area contributed by atoms with Crippen molar-refractivity contribution in [3.05, 3.63) is 47.3 Å². The molecule has 0 aliphatic carbocycles. The van der Waals surface area contributed by atoms with E-state index in [1.165, 1.54) is 5.56 Å². The van der Waals surface area contributed by atoms with Crippen LogP contribution in [-0.2, 0) is 5.75 Å². The van der Waals surface area contributed by atoms with Crippen molar-refractivity contribution in [3.8, 4) is 0 Å². The normalized spacial score (nSPS) is 10.5. The van der Waals surface area contributed by atoms with Crippen molar-refractivity contribution in [1.82, 2.24) is 4.98 Å². The van der Waals surface area contributed by atoms with Crippen LogP contribution in [0.2, 0.25) is 0 Å². The Bertz CT molecular complexity index is 417. The summed E-state index contributed by atoms with van der Waals surface area (Å²) in [4.78, 5) is 4.32. The van der Waals surface area contributed by atoms with Gasteiger partial charge in [0.05, 0.1) is 5.69 Å². The molecule has 15 heavy (non-hydrogen) atoms. The number of nitrogens with zero attached hydrogens (tertiary/aromatic N) is 1. The van der Waals surface area contributed by atoms with E-state index in [1.54, 1.807) is 11.8 Å². The minimum atomic E-state index is 0.758. The van der Waals surface area contributed by atoms with Crippen molar-refractivity contribution in [3.63, 3.8) is 0 Å². The highest BCUT2D eigenvalue weighted by Gasteiger charge is 2.05. The van der Waals surface area contributed by atoms with E-state index in [0.717, 1.165) is 22.4 Å². The molecule has 0 N–H and O–H groups in total. The summed E-state index contributed by atoms with van der Waals surface area (Å²) in [6, 6.07) is 10.3. The summed E-state index contributed by atoms with van der Waals surface area (Å²) in [5, 5.41) is 0.758. The SMILES string of the molecule is Cc1nc(SCc2ccccc2)oc1C. The lowest BCUT2D eigenvalue weighted by Crippen LogP contribution is -1.79. The monoisotopic (exact) mass is 219 g/mol. The number of aryl methyl sites for hydroxylation is 2. The molecule has 0 bridgehead atoms. The maximum atomic E-state index is 5.49. The van der Waals surface area contributed by atoms with Gasteiger partial charge in [0.15, 0.2) is 0 Å². The fraction of sp³-hybridized carbons (Fsp3) is 0.250.